The van der Waals surface area contributed by atoms with E-state index in [0.29, 0.717) is 0 Å². The van der Waals surface area contributed by atoms with Crippen LogP contribution in [0.2, 0.25) is 0 Å². The molecule has 0 spiro atoms. The molecule has 0 radical (unpaired) electrons. The summed E-state index contributed by atoms with van der Waals surface area (Å²) < 4.78 is 0. The van der Waals surface area contributed by atoms with Crippen molar-refractivity contribution >= 4 is 10.9 Å². The first kappa shape index (κ1) is 12.1. The van der Waals surface area contributed by atoms with E-state index < -0.39 is 0 Å². The molecule has 0 atom stereocenters. The van der Waals surface area contributed by atoms with Gasteiger partial charge in [0.25, 0.3) is 0 Å². The third-order valence-corrected chi connectivity index (χ3v) is 3.01. The normalized spacial score (nSPS) is 13.3. The first-order chi connectivity index (χ1) is 7.71. The van der Waals surface area contributed by atoms with Crippen LogP contribution in [0.4, 0.5) is 0 Å². The Kier molecular flexibility index (Phi) is 2.53. The van der Waals surface area contributed by atoms with Crippen LogP contribution in [0, 0.1) is 0 Å². The van der Waals surface area contributed by atoms with Crippen molar-refractivity contribution in [3.8, 4) is 0 Å². The molecule has 0 fully saturated rings. The van der Waals surface area contributed by atoms with E-state index in [2.05, 4.69) is 56.7 Å². The molecule has 0 amide bonds. The summed E-state index contributed by atoms with van der Waals surface area (Å²) in [5.74, 6) is 0. The summed E-state index contributed by atoms with van der Waals surface area (Å²) in [6.07, 6.45) is 3.67. The topological polar surface area (TPSA) is 41.6 Å². The van der Waals surface area contributed by atoms with Crippen molar-refractivity contribution < 1.29 is 0 Å². The van der Waals surface area contributed by atoms with Gasteiger partial charge in [0.2, 0.25) is 0 Å². The molecular formula is C14H21N3. The third kappa shape index (κ3) is 2.06. The standard InChI is InChI=1S/C14H21N3/c1-13(2,3)11-9-7-15-16-8-10(9)17-12(11)14(4,5)6/h7-8,17H,1-6H3. The Morgan fingerprint density at radius 1 is 0.882 bits per heavy atom. The van der Waals surface area contributed by atoms with Gasteiger partial charge in [-0.2, -0.15) is 10.2 Å². The van der Waals surface area contributed by atoms with Crippen molar-refractivity contribution in [1.29, 1.82) is 0 Å². The maximum atomic E-state index is 4.01. The van der Waals surface area contributed by atoms with E-state index in [1.54, 1.807) is 6.20 Å². The molecule has 2 aromatic rings. The van der Waals surface area contributed by atoms with Gasteiger partial charge in [-0.15, -0.1) is 0 Å². The minimum Gasteiger partial charge on any atom is -0.356 e. The predicted molar refractivity (Wildman–Crippen MR) is 71.3 cm³/mol. The van der Waals surface area contributed by atoms with Crippen LogP contribution < -0.4 is 0 Å². The fourth-order valence-corrected chi connectivity index (χ4v) is 2.29. The Morgan fingerprint density at radius 2 is 1.47 bits per heavy atom. The van der Waals surface area contributed by atoms with Crippen LogP contribution >= 0.6 is 0 Å². The maximum Gasteiger partial charge on any atom is 0.0737 e. The highest BCUT2D eigenvalue weighted by molar-refractivity contribution is 5.84. The van der Waals surface area contributed by atoms with Crippen molar-refractivity contribution in [2.75, 3.05) is 0 Å². The zero-order chi connectivity index (χ0) is 12.8. The second-order valence-corrected chi connectivity index (χ2v) is 6.69. The minimum absolute atomic E-state index is 0.0988. The smallest absolute Gasteiger partial charge is 0.0737 e. The molecule has 0 saturated carbocycles. The highest BCUT2D eigenvalue weighted by Crippen LogP contribution is 2.38. The van der Waals surface area contributed by atoms with Crippen molar-refractivity contribution in [2.45, 2.75) is 52.4 Å². The van der Waals surface area contributed by atoms with Crippen molar-refractivity contribution in [3.05, 3.63) is 23.7 Å². The van der Waals surface area contributed by atoms with Gasteiger partial charge in [0, 0.05) is 16.5 Å². The quantitative estimate of drug-likeness (QED) is 0.753. The molecule has 1 N–H and O–H groups in total. The third-order valence-electron chi connectivity index (χ3n) is 3.01. The average molecular weight is 231 g/mol. The summed E-state index contributed by atoms with van der Waals surface area (Å²) in [6, 6.07) is 0. The lowest BCUT2D eigenvalue weighted by molar-refractivity contribution is 0.524. The van der Waals surface area contributed by atoms with Gasteiger partial charge in [0.05, 0.1) is 17.9 Å². The molecule has 0 aromatic carbocycles. The fraction of sp³-hybridized carbons (Fsp3) is 0.571. The van der Waals surface area contributed by atoms with E-state index in [9.17, 15) is 0 Å². The number of hydrogen-bond acceptors (Lipinski definition) is 2. The molecule has 3 heteroatoms. The second-order valence-electron chi connectivity index (χ2n) is 6.69. The largest absolute Gasteiger partial charge is 0.356 e. The van der Waals surface area contributed by atoms with Crippen LogP contribution in [-0.2, 0) is 10.8 Å². The van der Waals surface area contributed by atoms with Gasteiger partial charge in [-0.3, -0.25) is 0 Å². The van der Waals surface area contributed by atoms with E-state index in [4.69, 9.17) is 0 Å². The lowest BCUT2D eigenvalue weighted by Gasteiger charge is -2.26. The summed E-state index contributed by atoms with van der Waals surface area (Å²) in [5, 5.41) is 9.15. The maximum absolute atomic E-state index is 4.01. The van der Waals surface area contributed by atoms with E-state index in [-0.39, 0.29) is 10.8 Å². The molecular weight excluding hydrogens is 210 g/mol. The fourth-order valence-electron chi connectivity index (χ4n) is 2.29. The number of nitrogens with zero attached hydrogens (tertiary/aromatic N) is 2. The number of H-pyrrole nitrogens is 1. The van der Waals surface area contributed by atoms with E-state index in [1.807, 2.05) is 6.20 Å². The number of fused-ring (bicyclic) bond motifs is 1. The molecule has 0 aliphatic heterocycles. The summed E-state index contributed by atoms with van der Waals surface area (Å²) in [6.45, 7) is 13.4. The summed E-state index contributed by atoms with van der Waals surface area (Å²) >= 11 is 0. The molecule has 92 valence electrons. The monoisotopic (exact) mass is 231 g/mol. The number of aromatic nitrogens is 3. The van der Waals surface area contributed by atoms with Gasteiger partial charge in [-0.1, -0.05) is 41.5 Å². The van der Waals surface area contributed by atoms with Gasteiger partial charge in [0.15, 0.2) is 0 Å². The summed E-state index contributed by atoms with van der Waals surface area (Å²) in [5.41, 5.74) is 3.92. The lowest BCUT2D eigenvalue weighted by atomic mass is 9.78. The van der Waals surface area contributed by atoms with Crippen LogP contribution in [0.3, 0.4) is 0 Å². The van der Waals surface area contributed by atoms with Gasteiger partial charge >= 0.3 is 0 Å². The molecule has 2 aromatic heterocycles. The Hall–Kier alpha value is -1.38. The van der Waals surface area contributed by atoms with E-state index >= 15 is 0 Å². The lowest BCUT2D eigenvalue weighted by Crippen LogP contribution is -2.21. The average Bonchev–Trinajstić information content (AvgIpc) is 2.54. The van der Waals surface area contributed by atoms with Crippen molar-refractivity contribution in [3.63, 3.8) is 0 Å². The predicted octanol–water partition coefficient (Wildman–Crippen LogP) is 3.55. The molecule has 0 saturated heterocycles. The number of aromatic amines is 1. The Morgan fingerprint density at radius 3 is 2.00 bits per heavy atom. The van der Waals surface area contributed by atoms with Crippen LogP contribution in [-0.4, -0.2) is 15.2 Å². The zero-order valence-electron chi connectivity index (χ0n) is 11.5. The Bertz CT molecular complexity index is 539. The molecule has 3 nitrogen and oxygen atoms in total. The molecule has 0 aliphatic carbocycles. The van der Waals surface area contributed by atoms with Gasteiger partial charge in [0.1, 0.15) is 0 Å². The van der Waals surface area contributed by atoms with Crippen molar-refractivity contribution in [1.82, 2.24) is 15.2 Å². The summed E-state index contributed by atoms with van der Waals surface area (Å²) in [4.78, 5) is 3.51. The summed E-state index contributed by atoms with van der Waals surface area (Å²) in [7, 11) is 0. The number of nitrogens with one attached hydrogen (secondary N) is 1. The molecule has 2 rings (SSSR count). The van der Waals surface area contributed by atoms with Crippen LogP contribution in [0.1, 0.15) is 52.8 Å². The zero-order valence-corrected chi connectivity index (χ0v) is 11.5. The van der Waals surface area contributed by atoms with Gasteiger partial charge < -0.3 is 4.98 Å². The second kappa shape index (κ2) is 3.56. The first-order valence-corrected chi connectivity index (χ1v) is 6.04. The highest BCUT2D eigenvalue weighted by Gasteiger charge is 2.29. The van der Waals surface area contributed by atoms with Crippen LogP contribution in [0.15, 0.2) is 12.4 Å². The van der Waals surface area contributed by atoms with Crippen LogP contribution in [0.25, 0.3) is 10.9 Å². The van der Waals surface area contributed by atoms with E-state index in [1.165, 1.54) is 16.6 Å². The number of hydrogen-bond donors (Lipinski definition) is 1. The molecule has 0 aliphatic rings. The van der Waals surface area contributed by atoms with Gasteiger partial charge in [-0.05, 0) is 11.0 Å². The Balaban J connectivity index is 2.84. The SMILES string of the molecule is CC(C)(C)c1[nH]c2cnncc2c1C(C)(C)C. The molecule has 2 heterocycles. The molecule has 0 bridgehead atoms. The number of rotatable bonds is 0. The van der Waals surface area contributed by atoms with Crippen LogP contribution in [0.5, 0.6) is 0 Å². The van der Waals surface area contributed by atoms with E-state index in [0.717, 1.165) is 5.52 Å². The highest BCUT2D eigenvalue weighted by atomic mass is 15.1. The molecule has 17 heavy (non-hydrogen) atoms. The first-order valence-electron chi connectivity index (χ1n) is 6.04. The molecule has 0 unspecified atom stereocenters. The Labute approximate surface area is 103 Å². The van der Waals surface area contributed by atoms with Gasteiger partial charge in [-0.25, -0.2) is 0 Å². The van der Waals surface area contributed by atoms with Crippen molar-refractivity contribution in [2.24, 2.45) is 0 Å². The minimum atomic E-state index is 0.0988.